The van der Waals surface area contributed by atoms with E-state index in [1.807, 2.05) is 0 Å². The average molecular weight is 255 g/mol. The maximum absolute atomic E-state index is 11.8. The molecule has 0 aromatic carbocycles. The van der Waals surface area contributed by atoms with E-state index in [0.717, 1.165) is 6.26 Å². The highest BCUT2D eigenvalue weighted by molar-refractivity contribution is 7.88. The van der Waals surface area contributed by atoms with Gasteiger partial charge in [-0.1, -0.05) is 12.2 Å². The molecule has 1 aliphatic carbocycles. The van der Waals surface area contributed by atoms with Crippen molar-refractivity contribution < 1.29 is 18.0 Å². The number of rotatable bonds is 2. The maximum Gasteiger partial charge on any atom is 0.212 e. The minimum Gasteiger partial charge on any atom is -0.302 e. The van der Waals surface area contributed by atoms with E-state index in [-0.39, 0.29) is 5.78 Å². The summed E-state index contributed by atoms with van der Waals surface area (Å²) in [6, 6.07) is -0.646. The molecule has 2 aliphatic rings. The normalized spacial score (nSPS) is 27.8. The van der Waals surface area contributed by atoms with Gasteiger partial charge in [-0.25, -0.2) is 8.42 Å². The van der Waals surface area contributed by atoms with Crippen LogP contribution in [-0.4, -0.2) is 42.6 Å². The quantitative estimate of drug-likeness (QED) is 0.653. The van der Waals surface area contributed by atoms with Gasteiger partial charge < -0.3 is 4.79 Å². The van der Waals surface area contributed by atoms with E-state index in [9.17, 15) is 18.0 Å². The fraction of sp³-hybridized carbons (Fsp3) is 0.455. The standard InChI is InChI=1S/C11H13NO4S/c1-17(15,16)12-9(8-13)2-5-11(12)6-3-10(14)4-7-11/h3-4,6-9H,2,5H2,1H3/t9-/m0/s1. The lowest BCUT2D eigenvalue weighted by Gasteiger charge is -2.34. The predicted molar refractivity (Wildman–Crippen MR) is 61.8 cm³/mol. The number of allylic oxidation sites excluding steroid dienone is 2. The monoisotopic (exact) mass is 255 g/mol. The maximum atomic E-state index is 11.8. The van der Waals surface area contributed by atoms with Crippen LogP contribution < -0.4 is 0 Å². The fourth-order valence-corrected chi connectivity index (χ4v) is 3.95. The molecular weight excluding hydrogens is 242 g/mol. The number of aldehydes is 1. The van der Waals surface area contributed by atoms with Gasteiger partial charge in [-0.2, -0.15) is 4.31 Å². The van der Waals surface area contributed by atoms with Gasteiger partial charge >= 0.3 is 0 Å². The highest BCUT2D eigenvalue weighted by atomic mass is 32.2. The van der Waals surface area contributed by atoms with Crippen molar-refractivity contribution in [3.8, 4) is 0 Å². The average Bonchev–Trinajstić information content (AvgIpc) is 2.61. The van der Waals surface area contributed by atoms with Crippen LogP contribution >= 0.6 is 0 Å². The van der Waals surface area contributed by atoms with Crippen LogP contribution in [0.2, 0.25) is 0 Å². The molecule has 0 saturated carbocycles. The molecule has 0 aromatic heterocycles. The van der Waals surface area contributed by atoms with E-state index >= 15 is 0 Å². The van der Waals surface area contributed by atoms with E-state index < -0.39 is 21.6 Å². The van der Waals surface area contributed by atoms with Crippen molar-refractivity contribution in [1.29, 1.82) is 0 Å². The third-order valence-electron chi connectivity index (χ3n) is 3.14. The van der Waals surface area contributed by atoms with Crippen LogP contribution in [0.3, 0.4) is 0 Å². The molecule has 1 saturated heterocycles. The lowest BCUT2D eigenvalue weighted by molar-refractivity contribution is -0.110. The van der Waals surface area contributed by atoms with Crippen molar-refractivity contribution in [2.24, 2.45) is 0 Å². The van der Waals surface area contributed by atoms with Crippen molar-refractivity contribution in [1.82, 2.24) is 4.31 Å². The number of nitrogens with zero attached hydrogens (tertiary/aromatic N) is 1. The zero-order valence-corrected chi connectivity index (χ0v) is 10.2. The molecule has 6 heteroatoms. The Morgan fingerprint density at radius 2 is 2.00 bits per heavy atom. The molecule has 0 amide bonds. The number of carbonyl (C=O) groups excluding carboxylic acids is 2. The molecule has 0 radical (unpaired) electrons. The fourth-order valence-electron chi connectivity index (χ4n) is 2.47. The van der Waals surface area contributed by atoms with Gasteiger partial charge in [0.05, 0.1) is 17.8 Å². The Balaban J connectivity index is 2.48. The van der Waals surface area contributed by atoms with E-state index in [1.165, 1.54) is 16.5 Å². The van der Waals surface area contributed by atoms with Gasteiger partial charge in [0.15, 0.2) is 5.78 Å². The van der Waals surface area contributed by atoms with Crippen LogP contribution in [-0.2, 0) is 19.6 Å². The number of hydrogen-bond acceptors (Lipinski definition) is 4. The van der Waals surface area contributed by atoms with E-state index in [0.29, 0.717) is 19.1 Å². The lowest BCUT2D eigenvalue weighted by atomic mass is 9.92. The van der Waals surface area contributed by atoms with Crippen LogP contribution in [0.5, 0.6) is 0 Å². The first-order chi connectivity index (χ1) is 7.89. The summed E-state index contributed by atoms with van der Waals surface area (Å²) in [6.07, 6.45) is 8.56. The van der Waals surface area contributed by atoms with Gasteiger partial charge in [-0.3, -0.25) is 4.79 Å². The summed E-state index contributed by atoms with van der Waals surface area (Å²) in [6.45, 7) is 0. The van der Waals surface area contributed by atoms with Gasteiger partial charge in [0.25, 0.3) is 0 Å². The molecule has 0 N–H and O–H groups in total. The van der Waals surface area contributed by atoms with E-state index in [4.69, 9.17) is 0 Å². The van der Waals surface area contributed by atoms with Crippen LogP contribution in [0.1, 0.15) is 12.8 Å². The smallest absolute Gasteiger partial charge is 0.212 e. The molecule has 1 spiro atoms. The summed E-state index contributed by atoms with van der Waals surface area (Å²) < 4.78 is 24.7. The first-order valence-corrected chi connectivity index (χ1v) is 7.11. The number of hydrogen-bond donors (Lipinski definition) is 0. The Hall–Kier alpha value is -1.27. The van der Waals surface area contributed by atoms with Crippen molar-refractivity contribution in [3.05, 3.63) is 24.3 Å². The van der Waals surface area contributed by atoms with Gasteiger partial charge in [0.1, 0.15) is 6.29 Å². The van der Waals surface area contributed by atoms with Gasteiger partial charge in [-0.15, -0.1) is 0 Å². The second-order valence-electron chi connectivity index (χ2n) is 4.36. The van der Waals surface area contributed by atoms with Gasteiger partial charge in [0, 0.05) is 0 Å². The minimum atomic E-state index is -3.50. The molecule has 5 nitrogen and oxygen atoms in total. The summed E-state index contributed by atoms with van der Waals surface area (Å²) in [7, 11) is -3.50. The van der Waals surface area contributed by atoms with Crippen LogP contribution in [0.25, 0.3) is 0 Å². The predicted octanol–water partition coefficient (Wildman–Crippen LogP) is 0.0432. The minimum absolute atomic E-state index is 0.168. The third-order valence-corrected chi connectivity index (χ3v) is 4.46. The summed E-state index contributed by atoms with van der Waals surface area (Å²) >= 11 is 0. The van der Waals surface area contributed by atoms with Crippen LogP contribution in [0, 0.1) is 0 Å². The highest BCUT2D eigenvalue weighted by Gasteiger charge is 2.48. The molecule has 1 aliphatic heterocycles. The summed E-state index contributed by atoms with van der Waals surface area (Å²) in [5.41, 5.74) is -0.840. The molecule has 1 atom stereocenters. The molecule has 0 aromatic rings. The largest absolute Gasteiger partial charge is 0.302 e. The summed E-state index contributed by atoms with van der Waals surface area (Å²) in [4.78, 5) is 22.0. The third kappa shape index (κ3) is 1.98. The first kappa shape index (κ1) is 12.2. The van der Waals surface area contributed by atoms with Gasteiger partial charge in [-0.05, 0) is 25.0 Å². The van der Waals surface area contributed by atoms with Crippen molar-refractivity contribution in [2.45, 2.75) is 24.4 Å². The molecule has 1 fully saturated rings. The zero-order valence-electron chi connectivity index (χ0n) is 9.37. The Morgan fingerprint density at radius 3 is 2.47 bits per heavy atom. The highest BCUT2D eigenvalue weighted by Crippen LogP contribution is 2.39. The Morgan fingerprint density at radius 1 is 1.41 bits per heavy atom. The molecule has 92 valence electrons. The van der Waals surface area contributed by atoms with Crippen molar-refractivity contribution in [3.63, 3.8) is 0 Å². The molecule has 17 heavy (non-hydrogen) atoms. The molecule has 0 unspecified atom stereocenters. The molecule has 1 heterocycles. The van der Waals surface area contributed by atoms with E-state index in [2.05, 4.69) is 0 Å². The van der Waals surface area contributed by atoms with Crippen LogP contribution in [0.4, 0.5) is 0 Å². The molecular formula is C11H13NO4S. The second-order valence-corrected chi connectivity index (χ2v) is 6.22. The second kappa shape index (κ2) is 3.89. The molecule has 0 bridgehead atoms. The summed E-state index contributed by atoms with van der Waals surface area (Å²) in [5.74, 6) is -0.168. The SMILES string of the molecule is CS(=O)(=O)N1[C@H](C=O)CCC12C=CC(=O)C=C2. The molecule has 2 rings (SSSR count). The van der Waals surface area contributed by atoms with Gasteiger partial charge in [0.2, 0.25) is 10.0 Å². The number of sulfonamides is 1. The van der Waals surface area contributed by atoms with Crippen LogP contribution in [0.15, 0.2) is 24.3 Å². The lowest BCUT2D eigenvalue weighted by Crippen LogP contribution is -2.49. The van der Waals surface area contributed by atoms with E-state index in [1.54, 1.807) is 12.2 Å². The number of carbonyl (C=O) groups is 2. The van der Waals surface area contributed by atoms with Crippen molar-refractivity contribution >= 4 is 22.1 Å². The topological polar surface area (TPSA) is 71.5 Å². The Bertz CT molecular complexity index is 502. The Kier molecular flexibility index (Phi) is 2.79. The summed E-state index contributed by atoms with van der Waals surface area (Å²) in [5, 5.41) is 0. The van der Waals surface area contributed by atoms with Crippen molar-refractivity contribution in [2.75, 3.05) is 6.26 Å². The zero-order chi connectivity index (χ0) is 12.7. The number of ketones is 1. The Labute approximate surface area is 99.8 Å². The first-order valence-electron chi connectivity index (χ1n) is 5.26.